The van der Waals surface area contributed by atoms with E-state index in [1.54, 1.807) is 25.3 Å². The maximum absolute atomic E-state index is 10.9. The zero-order valence-corrected chi connectivity index (χ0v) is 11.3. The SMILES string of the molecule is Cc1cc(CN)cnc1Oc1cccc([N+](=O)[O-])c1C. The molecule has 1 heterocycles. The molecule has 0 fully saturated rings. The van der Waals surface area contributed by atoms with Crippen molar-refractivity contribution in [3.63, 3.8) is 0 Å². The average Bonchev–Trinajstić information content (AvgIpc) is 2.42. The van der Waals surface area contributed by atoms with Crippen LogP contribution in [0.3, 0.4) is 0 Å². The molecule has 2 N–H and O–H groups in total. The second-order valence-corrected chi connectivity index (χ2v) is 4.43. The van der Waals surface area contributed by atoms with E-state index in [2.05, 4.69) is 4.98 Å². The molecule has 0 bridgehead atoms. The molecule has 104 valence electrons. The van der Waals surface area contributed by atoms with E-state index in [1.807, 2.05) is 13.0 Å². The van der Waals surface area contributed by atoms with Crippen LogP contribution < -0.4 is 10.5 Å². The van der Waals surface area contributed by atoms with Crippen LogP contribution in [0.15, 0.2) is 30.5 Å². The normalized spacial score (nSPS) is 10.3. The third-order valence-corrected chi connectivity index (χ3v) is 2.98. The maximum atomic E-state index is 10.9. The zero-order chi connectivity index (χ0) is 14.7. The van der Waals surface area contributed by atoms with Crippen LogP contribution in [0.5, 0.6) is 11.6 Å². The number of nitrogens with two attached hydrogens (primary N) is 1. The average molecular weight is 273 g/mol. The van der Waals surface area contributed by atoms with Crippen LogP contribution >= 0.6 is 0 Å². The van der Waals surface area contributed by atoms with Crippen molar-refractivity contribution in [2.24, 2.45) is 5.73 Å². The van der Waals surface area contributed by atoms with Crippen LogP contribution in [0.4, 0.5) is 5.69 Å². The lowest BCUT2D eigenvalue weighted by Crippen LogP contribution is -2.00. The number of rotatable bonds is 4. The summed E-state index contributed by atoms with van der Waals surface area (Å²) in [6.07, 6.45) is 1.63. The van der Waals surface area contributed by atoms with E-state index in [0.29, 0.717) is 23.7 Å². The summed E-state index contributed by atoms with van der Waals surface area (Å²) in [4.78, 5) is 14.7. The second-order valence-electron chi connectivity index (χ2n) is 4.43. The van der Waals surface area contributed by atoms with Gasteiger partial charge in [-0.2, -0.15) is 0 Å². The Hall–Kier alpha value is -2.47. The van der Waals surface area contributed by atoms with Crippen molar-refractivity contribution in [3.8, 4) is 11.6 Å². The van der Waals surface area contributed by atoms with Gasteiger partial charge in [0, 0.05) is 24.4 Å². The molecule has 1 aromatic heterocycles. The molecular formula is C14H15N3O3. The minimum atomic E-state index is -0.431. The van der Waals surface area contributed by atoms with E-state index in [4.69, 9.17) is 10.5 Å². The molecule has 0 atom stereocenters. The second kappa shape index (κ2) is 5.66. The quantitative estimate of drug-likeness (QED) is 0.683. The van der Waals surface area contributed by atoms with Crippen LogP contribution in [0, 0.1) is 24.0 Å². The Morgan fingerprint density at radius 3 is 2.75 bits per heavy atom. The van der Waals surface area contributed by atoms with Crippen LogP contribution in [0.2, 0.25) is 0 Å². The van der Waals surface area contributed by atoms with Gasteiger partial charge in [-0.15, -0.1) is 0 Å². The fourth-order valence-corrected chi connectivity index (χ4v) is 1.85. The molecule has 1 aromatic carbocycles. The molecule has 0 aliphatic rings. The molecule has 0 unspecified atom stereocenters. The predicted octanol–water partition coefficient (Wildman–Crippen LogP) is 2.86. The van der Waals surface area contributed by atoms with Crippen molar-refractivity contribution < 1.29 is 9.66 Å². The minimum absolute atomic E-state index is 0.0266. The fraction of sp³-hybridized carbons (Fsp3) is 0.214. The first-order valence-corrected chi connectivity index (χ1v) is 6.10. The zero-order valence-electron chi connectivity index (χ0n) is 11.3. The lowest BCUT2D eigenvalue weighted by molar-refractivity contribution is -0.385. The first-order valence-electron chi connectivity index (χ1n) is 6.10. The Morgan fingerprint density at radius 2 is 2.15 bits per heavy atom. The Morgan fingerprint density at radius 1 is 1.40 bits per heavy atom. The molecule has 20 heavy (non-hydrogen) atoms. The Labute approximate surface area is 116 Å². The lowest BCUT2D eigenvalue weighted by atomic mass is 10.2. The topological polar surface area (TPSA) is 91.3 Å². The van der Waals surface area contributed by atoms with Gasteiger partial charge in [0.2, 0.25) is 5.88 Å². The van der Waals surface area contributed by atoms with Crippen LogP contribution in [0.1, 0.15) is 16.7 Å². The summed E-state index contributed by atoms with van der Waals surface area (Å²) < 4.78 is 5.67. The van der Waals surface area contributed by atoms with Crippen LogP contribution in [0.25, 0.3) is 0 Å². The highest BCUT2D eigenvalue weighted by Gasteiger charge is 2.15. The van der Waals surface area contributed by atoms with Crippen molar-refractivity contribution in [2.45, 2.75) is 20.4 Å². The number of hydrogen-bond donors (Lipinski definition) is 1. The fourth-order valence-electron chi connectivity index (χ4n) is 1.85. The molecule has 2 rings (SSSR count). The van der Waals surface area contributed by atoms with Gasteiger partial charge in [0.15, 0.2) is 0 Å². The number of aryl methyl sites for hydroxylation is 1. The number of nitro groups is 1. The Balaban J connectivity index is 2.35. The van der Waals surface area contributed by atoms with Gasteiger partial charge in [-0.1, -0.05) is 6.07 Å². The largest absolute Gasteiger partial charge is 0.438 e. The van der Waals surface area contributed by atoms with E-state index in [0.717, 1.165) is 11.1 Å². The van der Waals surface area contributed by atoms with Gasteiger partial charge in [0.1, 0.15) is 5.75 Å². The minimum Gasteiger partial charge on any atom is -0.438 e. The van der Waals surface area contributed by atoms with Crippen molar-refractivity contribution >= 4 is 5.69 Å². The molecular weight excluding hydrogens is 258 g/mol. The van der Waals surface area contributed by atoms with Gasteiger partial charge in [0.05, 0.1) is 10.5 Å². The van der Waals surface area contributed by atoms with Gasteiger partial charge < -0.3 is 10.5 Å². The molecule has 0 saturated carbocycles. The van der Waals surface area contributed by atoms with Crippen LogP contribution in [-0.4, -0.2) is 9.91 Å². The number of aromatic nitrogens is 1. The molecule has 6 heteroatoms. The van der Waals surface area contributed by atoms with E-state index >= 15 is 0 Å². The number of benzene rings is 1. The molecule has 0 saturated heterocycles. The van der Waals surface area contributed by atoms with E-state index < -0.39 is 4.92 Å². The summed E-state index contributed by atoms with van der Waals surface area (Å²) >= 11 is 0. The third-order valence-electron chi connectivity index (χ3n) is 2.98. The van der Waals surface area contributed by atoms with Crippen molar-refractivity contribution in [3.05, 3.63) is 57.3 Å². The summed E-state index contributed by atoms with van der Waals surface area (Å²) in [6, 6.07) is 6.60. The molecule has 0 spiro atoms. The van der Waals surface area contributed by atoms with Gasteiger partial charge in [-0.05, 0) is 31.5 Å². The summed E-state index contributed by atoms with van der Waals surface area (Å²) in [6.45, 7) is 3.91. The van der Waals surface area contributed by atoms with E-state index in [1.165, 1.54) is 6.07 Å². The Bertz CT molecular complexity index is 656. The van der Waals surface area contributed by atoms with E-state index in [9.17, 15) is 10.1 Å². The van der Waals surface area contributed by atoms with Gasteiger partial charge in [0.25, 0.3) is 5.69 Å². The van der Waals surface area contributed by atoms with Gasteiger partial charge in [-0.3, -0.25) is 10.1 Å². The summed E-state index contributed by atoms with van der Waals surface area (Å²) in [5.41, 5.74) is 7.78. The molecule has 0 aliphatic carbocycles. The number of hydrogen-bond acceptors (Lipinski definition) is 5. The van der Waals surface area contributed by atoms with E-state index in [-0.39, 0.29) is 5.69 Å². The highest BCUT2D eigenvalue weighted by molar-refractivity contribution is 5.49. The van der Waals surface area contributed by atoms with Crippen LogP contribution in [-0.2, 0) is 6.54 Å². The van der Waals surface area contributed by atoms with Gasteiger partial charge >= 0.3 is 0 Å². The number of nitrogens with zero attached hydrogens (tertiary/aromatic N) is 2. The summed E-state index contributed by atoms with van der Waals surface area (Å²) in [5, 5.41) is 10.9. The monoisotopic (exact) mass is 273 g/mol. The molecule has 0 amide bonds. The standard InChI is InChI=1S/C14H15N3O3/c1-9-6-11(7-15)8-16-14(9)20-13-5-3-4-12(10(13)2)17(18)19/h3-6,8H,7,15H2,1-2H3. The number of ether oxygens (including phenoxy) is 1. The lowest BCUT2D eigenvalue weighted by Gasteiger charge is -2.10. The molecule has 0 aliphatic heterocycles. The predicted molar refractivity (Wildman–Crippen MR) is 74.8 cm³/mol. The molecule has 2 aromatic rings. The summed E-state index contributed by atoms with van der Waals surface area (Å²) in [7, 11) is 0. The molecule has 6 nitrogen and oxygen atoms in total. The highest BCUT2D eigenvalue weighted by atomic mass is 16.6. The maximum Gasteiger partial charge on any atom is 0.276 e. The number of nitro benzene ring substituents is 1. The highest BCUT2D eigenvalue weighted by Crippen LogP contribution is 2.31. The first-order chi connectivity index (χ1) is 9.52. The third kappa shape index (κ3) is 2.75. The Kier molecular flexibility index (Phi) is 3.95. The summed E-state index contributed by atoms with van der Waals surface area (Å²) in [5.74, 6) is 0.848. The number of pyridine rings is 1. The first kappa shape index (κ1) is 14.0. The molecule has 0 radical (unpaired) electrons. The van der Waals surface area contributed by atoms with Crippen molar-refractivity contribution in [2.75, 3.05) is 0 Å². The van der Waals surface area contributed by atoms with Gasteiger partial charge in [-0.25, -0.2) is 4.98 Å². The van der Waals surface area contributed by atoms with Crippen molar-refractivity contribution in [1.82, 2.24) is 4.98 Å². The smallest absolute Gasteiger partial charge is 0.276 e. The van der Waals surface area contributed by atoms with Crippen molar-refractivity contribution in [1.29, 1.82) is 0 Å².